The predicted molar refractivity (Wildman–Crippen MR) is 261 cm³/mol. The normalized spacial score (nSPS) is 9.66. The lowest BCUT2D eigenvalue weighted by molar-refractivity contribution is -0.128. The molecule has 6 aromatic carbocycles. The first kappa shape index (κ1) is 50.5. The molecule has 64 heavy (non-hydrogen) atoms. The summed E-state index contributed by atoms with van der Waals surface area (Å²) in [5.41, 5.74) is 7.77. The largest absolute Gasteiger partial charge is 0.348 e. The molecule has 8 heteroatoms. The molecule has 0 spiro atoms. The first-order valence-corrected chi connectivity index (χ1v) is 20.9. The minimum atomic E-state index is -0.140. The van der Waals surface area contributed by atoms with E-state index in [0.29, 0.717) is 50.4 Å². The summed E-state index contributed by atoms with van der Waals surface area (Å²) >= 11 is 0. The van der Waals surface area contributed by atoms with Crippen LogP contribution in [0, 0.1) is 0 Å². The third-order valence-electron chi connectivity index (χ3n) is 9.18. The summed E-state index contributed by atoms with van der Waals surface area (Å²) in [7, 11) is 0. The third kappa shape index (κ3) is 20.6. The topological polar surface area (TPSA) is 98.8 Å². The van der Waals surface area contributed by atoms with E-state index in [1.165, 1.54) is 12.2 Å². The van der Waals surface area contributed by atoms with Crippen molar-refractivity contribution in [2.45, 2.75) is 53.1 Å². The number of carbonyl (C=O) groups excluding carboxylic acids is 4. The lowest BCUT2D eigenvalue weighted by Crippen LogP contribution is -2.30. The fraction of sp³-hybridized carbons (Fsp3) is 0.143. The van der Waals surface area contributed by atoms with Crippen LogP contribution in [0.5, 0.6) is 0 Å². The van der Waals surface area contributed by atoms with Crippen molar-refractivity contribution in [2.75, 3.05) is 0 Å². The number of benzene rings is 6. The molecule has 0 atom stereocenters. The Morgan fingerprint density at radius 2 is 0.719 bits per heavy atom. The van der Waals surface area contributed by atoms with Crippen LogP contribution in [0.3, 0.4) is 0 Å². The van der Waals surface area contributed by atoms with Gasteiger partial charge >= 0.3 is 0 Å². The molecule has 0 saturated carbocycles. The Kier molecular flexibility index (Phi) is 23.2. The van der Waals surface area contributed by atoms with Crippen molar-refractivity contribution in [3.05, 3.63) is 265 Å². The van der Waals surface area contributed by atoms with Crippen molar-refractivity contribution in [2.24, 2.45) is 0 Å². The Bertz CT molecular complexity index is 2250. The Morgan fingerprint density at radius 1 is 0.422 bits per heavy atom. The maximum atomic E-state index is 12.3. The van der Waals surface area contributed by atoms with Gasteiger partial charge in [0.1, 0.15) is 0 Å². The van der Waals surface area contributed by atoms with E-state index >= 15 is 0 Å². The minimum Gasteiger partial charge on any atom is -0.348 e. The molecule has 0 fully saturated rings. The van der Waals surface area contributed by atoms with Crippen LogP contribution in [0.2, 0.25) is 0 Å². The van der Waals surface area contributed by atoms with Crippen LogP contribution in [0.4, 0.5) is 0 Å². The molecule has 2 N–H and O–H groups in total. The molecule has 0 heterocycles. The number of carbonyl (C=O) groups is 4. The van der Waals surface area contributed by atoms with Gasteiger partial charge in [0.25, 0.3) is 0 Å². The van der Waals surface area contributed by atoms with Crippen molar-refractivity contribution in [3.63, 3.8) is 0 Å². The van der Waals surface area contributed by atoms with Gasteiger partial charge in [-0.15, -0.1) is 0 Å². The average molecular weight is 853 g/mol. The van der Waals surface area contributed by atoms with Gasteiger partial charge in [0.2, 0.25) is 23.6 Å². The quantitative estimate of drug-likeness (QED) is 0.0948. The van der Waals surface area contributed by atoms with Crippen LogP contribution in [-0.2, 0) is 58.4 Å². The number of nitrogens with one attached hydrogen (secondary N) is 2. The number of hydrogen-bond donors (Lipinski definition) is 2. The predicted octanol–water partition coefficient (Wildman–Crippen LogP) is 10.6. The van der Waals surface area contributed by atoms with E-state index in [4.69, 9.17) is 0 Å². The van der Waals surface area contributed by atoms with Gasteiger partial charge in [-0.2, -0.15) is 0 Å². The highest BCUT2D eigenvalue weighted by molar-refractivity contribution is 5.92. The van der Waals surface area contributed by atoms with E-state index in [-0.39, 0.29) is 23.6 Å². The van der Waals surface area contributed by atoms with Gasteiger partial charge in [0, 0.05) is 50.4 Å². The zero-order valence-electron chi connectivity index (χ0n) is 37.1. The second-order valence-corrected chi connectivity index (χ2v) is 14.6. The molecular formula is C56H60N4O4. The molecule has 8 nitrogen and oxygen atoms in total. The van der Waals surface area contributed by atoms with Crippen LogP contribution >= 0.6 is 0 Å². The molecular weight excluding hydrogens is 793 g/mol. The first-order chi connectivity index (χ1) is 31.0. The standard InChI is InChI=1S/C18H19NO.C17H17NO.C11H13NO.C10H11NO/c1-15(2)18(20)19(13-16-9-5-3-6-10-16)14-17-11-7-4-8-12-17;1-2-17(19)18(13-15-9-5-3-6-10-15)14-16-11-7-4-8-12-16;1-9(2)11(13)12-8-10-6-4-3-5-7-10;1-2-10(12)11-8-9-6-4-3-5-7-9/h3-12H,1,13-14H2,2H3;2-12H,1,13-14H2;3-7H,1,8H2,2H3,(H,12,13);2-7H,1,8H2,(H,11,12). The fourth-order valence-electron chi connectivity index (χ4n) is 5.81. The molecule has 0 radical (unpaired) electrons. The number of amides is 4. The maximum absolute atomic E-state index is 12.3. The number of rotatable bonds is 16. The summed E-state index contributed by atoms with van der Waals surface area (Å²) in [5, 5.41) is 5.45. The Labute approximate surface area is 380 Å². The summed E-state index contributed by atoms with van der Waals surface area (Å²) in [6.07, 6.45) is 2.63. The molecule has 0 aliphatic heterocycles. The minimum absolute atomic E-state index is 0.00212. The highest BCUT2D eigenvalue weighted by atomic mass is 16.2. The molecule has 0 aliphatic rings. The van der Waals surface area contributed by atoms with Gasteiger partial charge < -0.3 is 20.4 Å². The van der Waals surface area contributed by atoms with Crippen LogP contribution in [0.15, 0.2) is 232 Å². The Balaban J connectivity index is 0.000000232. The number of hydrogen-bond acceptors (Lipinski definition) is 4. The van der Waals surface area contributed by atoms with E-state index in [0.717, 1.165) is 33.4 Å². The van der Waals surface area contributed by atoms with Gasteiger partial charge in [0.15, 0.2) is 0 Å². The van der Waals surface area contributed by atoms with Crippen molar-refractivity contribution in [1.82, 2.24) is 20.4 Å². The molecule has 4 amide bonds. The van der Waals surface area contributed by atoms with Gasteiger partial charge in [-0.05, 0) is 59.4 Å². The van der Waals surface area contributed by atoms with Crippen LogP contribution in [-0.4, -0.2) is 33.4 Å². The second-order valence-electron chi connectivity index (χ2n) is 14.6. The van der Waals surface area contributed by atoms with Gasteiger partial charge in [-0.25, -0.2) is 0 Å². The van der Waals surface area contributed by atoms with E-state index in [1.807, 2.05) is 187 Å². The molecule has 328 valence electrons. The van der Waals surface area contributed by atoms with E-state index in [2.05, 4.69) is 36.9 Å². The molecule has 0 bridgehead atoms. The van der Waals surface area contributed by atoms with Crippen molar-refractivity contribution in [3.8, 4) is 0 Å². The smallest absolute Gasteiger partial charge is 0.249 e. The average Bonchev–Trinajstić information content (AvgIpc) is 3.34. The van der Waals surface area contributed by atoms with Gasteiger partial charge in [-0.1, -0.05) is 208 Å². The van der Waals surface area contributed by atoms with Gasteiger partial charge in [-0.3, -0.25) is 19.2 Å². The summed E-state index contributed by atoms with van der Waals surface area (Å²) in [5.74, 6) is -0.284. The zero-order chi connectivity index (χ0) is 46.4. The molecule has 6 rings (SSSR count). The van der Waals surface area contributed by atoms with E-state index in [1.54, 1.807) is 18.7 Å². The van der Waals surface area contributed by atoms with Crippen LogP contribution in [0.25, 0.3) is 0 Å². The highest BCUT2D eigenvalue weighted by Gasteiger charge is 2.15. The summed E-state index contributed by atoms with van der Waals surface area (Å²) in [4.78, 5) is 49.7. The lowest BCUT2D eigenvalue weighted by Gasteiger charge is -2.23. The highest BCUT2D eigenvalue weighted by Crippen LogP contribution is 2.13. The van der Waals surface area contributed by atoms with Crippen LogP contribution < -0.4 is 10.6 Å². The molecule has 0 aromatic heterocycles. The number of nitrogens with zero attached hydrogens (tertiary/aromatic N) is 2. The summed E-state index contributed by atoms with van der Waals surface area (Å²) in [6.45, 7) is 21.2. The molecule has 0 aliphatic carbocycles. The zero-order valence-corrected chi connectivity index (χ0v) is 37.1. The van der Waals surface area contributed by atoms with Gasteiger partial charge in [0.05, 0.1) is 0 Å². The Hall–Kier alpha value is -7.84. The Morgan fingerprint density at radius 3 is 1.00 bits per heavy atom. The molecule has 6 aromatic rings. The second kappa shape index (κ2) is 29.4. The SMILES string of the molecule is C=C(C)C(=O)N(Cc1ccccc1)Cc1ccccc1.C=C(C)C(=O)NCc1ccccc1.C=CC(=O)N(Cc1ccccc1)Cc1ccccc1.C=CC(=O)NCc1ccccc1. The molecule has 0 unspecified atom stereocenters. The first-order valence-electron chi connectivity index (χ1n) is 20.9. The van der Waals surface area contributed by atoms with Crippen molar-refractivity contribution < 1.29 is 19.2 Å². The maximum Gasteiger partial charge on any atom is 0.249 e. The summed E-state index contributed by atoms with van der Waals surface area (Å²) in [6, 6.07) is 59.5. The van der Waals surface area contributed by atoms with E-state index in [9.17, 15) is 19.2 Å². The lowest BCUT2D eigenvalue weighted by atomic mass is 10.1. The van der Waals surface area contributed by atoms with Crippen molar-refractivity contribution >= 4 is 23.6 Å². The summed E-state index contributed by atoms with van der Waals surface area (Å²) < 4.78 is 0. The van der Waals surface area contributed by atoms with Crippen molar-refractivity contribution in [1.29, 1.82) is 0 Å². The molecule has 0 saturated heterocycles. The third-order valence-corrected chi connectivity index (χ3v) is 9.18. The fourth-order valence-corrected chi connectivity index (χ4v) is 5.81. The van der Waals surface area contributed by atoms with Crippen LogP contribution in [0.1, 0.15) is 47.2 Å². The monoisotopic (exact) mass is 852 g/mol. The van der Waals surface area contributed by atoms with E-state index < -0.39 is 0 Å².